The summed E-state index contributed by atoms with van der Waals surface area (Å²) in [7, 11) is 0. The largest absolute Gasteiger partial charge is 0.351 e. The van der Waals surface area contributed by atoms with Crippen molar-refractivity contribution in [1.29, 1.82) is 0 Å². The second-order valence-electron chi connectivity index (χ2n) is 2.75. The van der Waals surface area contributed by atoms with Gasteiger partial charge < -0.3 is 9.88 Å². The van der Waals surface area contributed by atoms with E-state index in [-0.39, 0.29) is 0 Å². The van der Waals surface area contributed by atoms with E-state index >= 15 is 0 Å². The maximum absolute atomic E-state index is 5.91. The Morgan fingerprint density at radius 3 is 3.07 bits per heavy atom. The van der Waals surface area contributed by atoms with Gasteiger partial charge in [-0.1, -0.05) is 11.6 Å². The Balaban J connectivity index is 2.02. The third-order valence-electron chi connectivity index (χ3n) is 1.75. The Morgan fingerprint density at radius 2 is 2.36 bits per heavy atom. The van der Waals surface area contributed by atoms with E-state index < -0.39 is 0 Å². The summed E-state index contributed by atoms with van der Waals surface area (Å²) in [6.45, 7) is 0.608. The molecule has 0 fully saturated rings. The number of hydrogen-bond donors (Lipinski definition) is 1. The first-order valence-electron chi connectivity index (χ1n) is 4.16. The summed E-state index contributed by atoms with van der Waals surface area (Å²) in [5, 5.41) is 3.71. The highest BCUT2D eigenvalue weighted by molar-refractivity contribution is 6.32. The average molecular weight is 209 g/mol. The minimum absolute atomic E-state index is 0.608. The van der Waals surface area contributed by atoms with E-state index in [1.54, 1.807) is 30.9 Å². The fourth-order valence-electron chi connectivity index (χ4n) is 1.06. The molecule has 5 heteroatoms. The lowest BCUT2D eigenvalue weighted by atomic mass is 10.4. The van der Waals surface area contributed by atoms with Crippen molar-refractivity contribution in [1.82, 2.24) is 14.5 Å². The van der Waals surface area contributed by atoms with E-state index in [1.165, 1.54) is 0 Å². The molecule has 2 aromatic heterocycles. The lowest BCUT2D eigenvalue weighted by molar-refractivity contribution is 0.770. The SMILES string of the molecule is Clc1cccnc1NCn1ccnc1. The fraction of sp³-hybridized carbons (Fsp3) is 0.111. The van der Waals surface area contributed by atoms with Crippen molar-refractivity contribution in [2.24, 2.45) is 0 Å². The Morgan fingerprint density at radius 1 is 1.43 bits per heavy atom. The molecule has 0 amide bonds. The number of anilines is 1. The van der Waals surface area contributed by atoms with Crippen molar-refractivity contribution in [2.45, 2.75) is 6.67 Å². The van der Waals surface area contributed by atoms with Crippen molar-refractivity contribution >= 4 is 17.4 Å². The average Bonchev–Trinajstić information content (AvgIpc) is 2.69. The molecule has 0 aliphatic carbocycles. The van der Waals surface area contributed by atoms with Gasteiger partial charge in [-0.15, -0.1) is 0 Å². The number of aromatic nitrogens is 3. The Hall–Kier alpha value is -1.55. The first-order chi connectivity index (χ1) is 6.86. The van der Waals surface area contributed by atoms with Crippen LogP contribution in [0.1, 0.15) is 0 Å². The number of imidazole rings is 1. The van der Waals surface area contributed by atoms with Crippen molar-refractivity contribution < 1.29 is 0 Å². The predicted molar refractivity (Wildman–Crippen MR) is 55.1 cm³/mol. The van der Waals surface area contributed by atoms with Gasteiger partial charge in [0.1, 0.15) is 5.82 Å². The molecule has 0 aliphatic rings. The molecule has 14 heavy (non-hydrogen) atoms. The van der Waals surface area contributed by atoms with E-state index in [0.717, 1.165) is 0 Å². The van der Waals surface area contributed by atoms with E-state index in [9.17, 15) is 0 Å². The van der Waals surface area contributed by atoms with Crippen molar-refractivity contribution in [2.75, 3.05) is 5.32 Å². The number of rotatable bonds is 3. The van der Waals surface area contributed by atoms with Crippen LogP contribution in [0.3, 0.4) is 0 Å². The minimum atomic E-state index is 0.608. The van der Waals surface area contributed by atoms with Crippen LogP contribution in [-0.4, -0.2) is 14.5 Å². The molecule has 2 rings (SSSR count). The normalized spacial score (nSPS) is 10.1. The number of nitrogens with one attached hydrogen (secondary N) is 1. The zero-order chi connectivity index (χ0) is 9.80. The number of halogens is 1. The van der Waals surface area contributed by atoms with Crippen molar-refractivity contribution in [3.63, 3.8) is 0 Å². The molecule has 1 N–H and O–H groups in total. The highest BCUT2D eigenvalue weighted by Crippen LogP contribution is 2.16. The van der Waals surface area contributed by atoms with Gasteiger partial charge in [-0.2, -0.15) is 0 Å². The van der Waals surface area contributed by atoms with E-state index in [2.05, 4.69) is 15.3 Å². The van der Waals surface area contributed by atoms with Crippen molar-refractivity contribution in [3.8, 4) is 0 Å². The third kappa shape index (κ3) is 2.03. The highest BCUT2D eigenvalue weighted by atomic mass is 35.5. The molecule has 0 unspecified atom stereocenters. The quantitative estimate of drug-likeness (QED) is 0.839. The van der Waals surface area contributed by atoms with Crippen LogP contribution >= 0.6 is 11.6 Å². The van der Waals surface area contributed by atoms with Gasteiger partial charge >= 0.3 is 0 Å². The van der Waals surface area contributed by atoms with Crippen LogP contribution in [0.5, 0.6) is 0 Å². The van der Waals surface area contributed by atoms with Crippen LogP contribution in [0, 0.1) is 0 Å². The van der Waals surface area contributed by atoms with E-state index in [4.69, 9.17) is 11.6 Å². The Labute approximate surface area is 86.6 Å². The molecular weight excluding hydrogens is 200 g/mol. The summed E-state index contributed by atoms with van der Waals surface area (Å²) in [6.07, 6.45) is 7.01. The molecule has 0 spiro atoms. The molecule has 0 aromatic carbocycles. The third-order valence-corrected chi connectivity index (χ3v) is 2.05. The molecule has 0 saturated carbocycles. The maximum atomic E-state index is 5.91. The topological polar surface area (TPSA) is 42.7 Å². The number of pyridine rings is 1. The van der Waals surface area contributed by atoms with Crippen molar-refractivity contribution in [3.05, 3.63) is 42.1 Å². The van der Waals surface area contributed by atoms with Crippen LogP contribution in [0.15, 0.2) is 37.1 Å². The molecule has 0 aliphatic heterocycles. The van der Waals surface area contributed by atoms with Gasteiger partial charge in [-0.25, -0.2) is 9.97 Å². The van der Waals surface area contributed by atoms with Gasteiger partial charge in [0.05, 0.1) is 18.0 Å². The Kier molecular flexibility index (Phi) is 2.65. The fourth-order valence-corrected chi connectivity index (χ4v) is 1.25. The Bertz CT molecular complexity index is 399. The minimum Gasteiger partial charge on any atom is -0.351 e. The van der Waals surface area contributed by atoms with Gasteiger partial charge in [0.15, 0.2) is 0 Å². The zero-order valence-corrected chi connectivity index (χ0v) is 8.15. The van der Waals surface area contributed by atoms with Gasteiger partial charge in [0.2, 0.25) is 0 Å². The molecule has 0 bridgehead atoms. The molecule has 0 radical (unpaired) electrons. The highest BCUT2D eigenvalue weighted by Gasteiger charge is 1.98. The molecule has 72 valence electrons. The van der Waals surface area contributed by atoms with Gasteiger partial charge in [0.25, 0.3) is 0 Å². The molecular formula is C9H9ClN4. The predicted octanol–water partition coefficient (Wildman–Crippen LogP) is 2.00. The summed E-state index contributed by atoms with van der Waals surface area (Å²) in [5.41, 5.74) is 0. The molecule has 2 aromatic rings. The number of nitrogens with zero attached hydrogens (tertiary/aromatic N) is 3. The zero-order valence-electron chi connectivity index (χ0n) is 7.39. The summed E-state index contributed by atoms with van der Waals surface area (Å²) in [5.74, 6) is 0.683. The lowest BCUT2D eigenvalue weighted by Crippen LogP contribution is -2.07. The summed E-state index contributed by atoms with van der Waals surface area (Å²) in [6, 6.07) is 3.59. The van der Waals surface area contributed by atoms with E-state index in [0.29, 0.717) is 17.5 Å². The van der Waals surface area contributed by atoms with Crippen LogP contribution in [0.25, 0.3) is 0 Å². The first kappa shape index (κ1) is 9.02. The molecule has 0 atom stereocenters. The van der Waals surface area contributed by atoms with Gasteiger partial charge in [0, 0.05) is 18.6 Å². The summed E-state index contributed by atoms with van der Waals surface area (Å²) >= 11 is 5.91. The first-order valence-corrected chi connectivity index (χ1v) is 4.54. The number of hydrogen-bond acceptors (Lipinski definition) is 3. The maximum Gasteiger partial charge on any atom is 0.146 e. The summed E-state index contributed by atoms with van der Waals surface area (Å²) in [4.78, 5) is 8.03. The van der Waals surface area contributed by atoms with Gasteiger partial charge in [-0.3, -0.25) is 0 Å². The second kappa shape index (κ2) is 4.11. The van der Waals surface area contributed by atoms with Crippen LogP contribution < -0.4 is 5.32 Å². The van der Waals surface area contributed by atoms with E-state index in [1.807, 2.05) is 10.8 Å². The van der Waals surface area contributed by atoms with Crippen LogP contribution in [0.4, 0.5) is 5.82 Å². The molecule has 0 saturated heterocycles. The monoisotopic (exact) mass is 208 g/mol. The van der Waals surface area contributed by atoms with Crippen LogP contribution in [-0.2, 0) is 6.67 Å². The van der Waals surface area contributed by atoms with Crippen LogP contribution in [0.2, 0.25) is 5.02 Å². The smallest absolute Gasteiger partial charge is 0.146 e. The standard InChI is InChI=1S/C9H9ClN4/c10-8-2-1-3-12-9(8)13-7-14-5-4-11-6-14/h1-6H,7H2,(H,12,13). The summed E-state index contributed by atoms with van der Waals surface area (Å²) < 4.78 is 1.89. The van der Waals surface area contributed by atoms with Gasteiger partial charge in [-0.05, 0) is 12.1 Å². The lowest BCUT2D eigenvalue weighted by Gasteiger charge is -2.06. The molecule has 2 heterocycles. The molecule has 4 nitrogen and oxygen atoms in total. The second-order valence-corrected chi connectivity index (χ2v) is 3.15.